The second kappa shape index (κ2) is 5.79. The third-order valence-corrected chi connectivity index (χ3v) is 5.65. The molecule has 0 bridgehead atoms. The van der Waals surface area contributed by atoms with E-state index in [1.807, 2.05) is 6.92 Å². The summed E-state index contributed by atoms with van der Waals surface area (Å²) in [4.78, 5) is 0.330. The lowest BCUT2D eigenvalue weighted by Gasteiger charge is -2.20. The molecule has 0 radical (unpaired) electrons. The lowest BCUT2D eigenvalue weighted by atomic mass is 10.2. The van der Waals surface area contributed by atoms with Crippen LogP contribution in [-0.2, 0) is 16.6 Å². The highest BCUT2D eigenvalue weighted by molar-refractivity contribution is 7.89. The summed E-state index contributed by atoms with van der Waals surface area (Å²) in [6.45, 7) is 2.94. The fourth-order valence-corrected chi connectivity index (χ4v) is 4.09. The number of benzene rings is 1. The van der Waals surface area contributed by atoms with Crippen molar-refractivity contribution in [3.05, 3.63) is 28.8 Å². The monoisotopic (exact) mass is 302 g/mol. The van der Waals surface area contributed by atoms with Gasteiger partial charge in [0, 0.05) is 24.2 Å². The molecule has 2 rings (SSSR count). The van der Waals surface area contributed by atoms with Gasteiger partial charge in [-0.15, -0.1) is 0 Å². The van der Waals surface area contributed by atoms with Gasteiger partial charge in [0.1, 0.15) is 0 Å². The van der Waals surface area contributed by atoms with Crippen LogP contribution < -0.4 is 5.32 Å². The second-order valence-electron chi connectivity index (χ2n) is 4.72. The van der Waals surface area contributed by atoms with Crippen LogP contribution in [0.1, 0.15) is 25.3 Å². The van der Waals surface area contributed by atoms with E-state index in [1.54, 1.807) is 29.6 Å². The van der Waals surface area contributed by atoms with E-state index in [9.17, 15) is 8.42 Å². The number of sulfonamides is 1. The summed E-state index contributed by atoms with van der Waals surface area (Å²) in [5, 5.41) is 3.57. The van der Waals surface area contributed by atoms with Gasteiger partial charge in [0.2, 0.25) is 10.0 Å². The summed E-state index contributed by atoms with van der Waals surface area (Å²) >= 11 is 6.06. The van der Waals surface area contributed by atoms with Gasteiger partial charge in [-0.2, -0.15) is 4.31 Å². The molecule has 0 atom stereocenters. The third kappa shape index (κ3) is 3.11. The Kier molecular flexibility index (Phi) is 4.50. The van der Waals surface area contributed by atoms with Crippen LogP contribution in [0.5, 0.6) is 0 Å². The van der Waals surface area contributed by atoms with Crippen LogP contribution in [0.2, 0.25) is 5.02 Å². The Balaban J connectivity index is 2.36. The molecule has 1 aromatic carbocycles. The summed E-state index contributed by atoms with van der Waals surface area (Å²) < 4.78 is 26.7. The molecule has 19 heavy (non-hydrogen) atoms. The predicted molar refractivity (Wildman–Crippen MR) is 76.8 cm³/mol. The van der Waals surface area contributed by atoms with Gasteiger partial charge >= 0.3 is 0 Å². The van der Waals surface area contributed by atoms with E-state index in [0.717, 1.165) is 18.4 Å². The Morgan fingerprint density at radius 1 is 1.42 bits per heavy atom. The van der Waals surface area contributed by atoms with Crippen molar-refractivity contribution in [1.29, 1.82) is 0 Å². The highest BCUT2D eigenvalue weighted by Crippen LogP contribution is 2.32. The second-order valence-corrected chi connectivity index (χ2v) is 7.02. The molecule has 0 spiro atoms. The van der Waals surface area contributed by atoms with Crippen LogP contribution in [0, 0.1) is 0 Å². The normalized spacial score (nSPS) is 16.0. The maximum Gasteiger partial charge on any atom is 0.243 e. The molecule has 6 heteroatoms. The molecular formula is C13H19ClN2O2S. The largest absolute Gasteiger partial charge is 0.316 e. The molecule has 1 aliphatic rings. The zero-order valence-electron chi connectivity index (χ0n) is 11.2. The molecule has 0 heterocycles. The topological polar surface area (TPSA) is 49.4 Å². The lowest BCUT2D eigenvalue weighted by Crippen LogP contribution is -2.33. The van der Waals surface area contributed by atoms with Gasteiger partial charge in [0.15, 0.2) is 0 Å². The molecule has 1 fully saturated rings. The smallest absolute Gasteiger partial charge is 0.243 e. The number of nitrogens with one attached hydrogen (secondary N) is 1. The van der Waals surface area contributed by atoms with Crippen molar-refractivity contribution in [3.8, 4) is 0 Å². The number of hydrogen-bond acceptors (Lipinski definition) is 3. The molecule has 1 N–H and O–H groups in total. The average Bonchev–Trinajstić information content (AvgIpc) is 3.17. The minimum Gasteiger partial charge on any atom is -0.316 e. The Hall–Kier alpha value is -0.620. The summed E-state index contributed by atoms with van der Waals surface area (Å²) in [5.41, 5.74) is 0.803. The number of halogens is 1. The third-order valence-electron chi connectivity index (χ3n) is 3.26. The van der Waals surface area contributed by atoms with E-state index in [1.165, 1.54) is 0 Å². The first-order valence-corrected chi connectivity index (χ1v) is 8.27. The minimum absolute atomic E-state index is 0.179. The van der Waals surface area contributed by atoms with Crippen LogP contribution in [0.3, 0.4) is 0 Å². The summed E-state index contributed by atoms with van der Waals surface area (Å²) in [6, 6.07) is 5.08. The summed E-state index contributed by atoms with van der Waals surface area (Å²) in [7, 11) is -1.59. The number of nitrogens with zero attached hydrogens (tertiary/aromatic N) is 1. The highest BCUT2D eigenvalue weighted by atomic mass is 35.5. The van der Waals surface area contributed by atoms with Gasteiger partial charge in [0.25, 0.3) is 0 Å². The fourth-order valence-electron chi connectivity index (χ4n) is 2.16. The van der Waals surface area contributed by atoms with Crippen LogP contribution in [-0.4, -0.2) is 32.4 Å². The quantitative estimate of drug-likeness (QED) is 0.877. The van der Waals surface area contributed by atoms with Crippen LogP contribution in [0.4, 0.5) is 0 Å². The van der Waals surface area contributed by atoms with Gasteiger partial charge in [-0.1, -0.05) is 18.5 Å². The molecule has 1 aromatic rings. The van der Waals surface area contributed by atoms with Gasteiger partial charge in [-0.25, -0.2) is 8.42 Å². The first-order valence-electron chi connectivity index (χ1n) is 6.45. The van der Waals surface area contributed by atoms with Crippen LogP contribution >= 0.6 is 11.6 Å². The van der Waals surface area contributed by atoms with E-state index in [4.69, 9.17) is 11.6 Å². The van der Waals surface area contributed by atoms with E-state index in [0.29, 0.717) is 23.0 Å². The van der Waals surface area contributed by atoms with Gasteiger partial charge in [-0.05, 0) is 43.7 Å². The maximum atomic E-state index is 12.6. The number of hydrogen-bond donors (Lipinski definition) is 1. The van der Waals surface area contributed by atoms with Crippen molar-refractivity contribution in [3.63, 3.8) is 0 Å². The molecule has 1 aliphatic carbocycles. The van der Waals surface area contributed by atoms with E-state index >= 15 is 0 Å². The Morgan fingerprint density at radius 3 is 2.63 bits per heavy atom. The molecule has 0 aromatic heterocycles. The van der Waals surface area contributed by atoms with Gasteiger partial charge in [0.05, 0.1) is 4.90 Å². The predicted octanol–water partition coefficient (Wildman–Crippen LogP) is 2.23. The van der Waals surface area contributed by atoms with Gasteiger partial charge in [-0.3, -0.25) is 0 Å². The zero-order valence-corrected chi connectivity index (χ0v) is 12.8. The molecule has 0 amide bonds. The van der Waals surface area contributed by atoms with E-state index in [2.05, 4.69) is 5.32 Å². The fraction of sp³-hybridized carbons (Fsp3) is 0.538. The van der Waals surface area contributed by atoms with Crippen molar-refractivity contribution in [1.82, 2.24) is 9.62 Å². The van der Waals surface area contributed by atoms with Crippen molar-refractivity contribution < 1.29 is 8.42 Å². The van der Waals surface area contributed by atoms with Crippen molar-refractivity contribution in [2.45, 2.75) is 37.2 Å². The van der Waals surface area contributed by atoms with E-state index in [-0.39, 0.29) is 6.04 Å². The molecule has 0 unspecified atom stereocenters. The van der Waals surface area contributed by atoms with Crippen LogP contribution in [0.15, 0.2) is 23.1 Å². The van der Waals surface area contributed by atoms with Crippen LogP contribution in [0.25, 0.3) is 0 Å². The lowest BCUT2D eigenvalue weighted by molar-refractivity contribution is 0.421. The molecule has 106 valence electrons. The minimum atomic E-state index is -3.40. The maximum absolute atomic E-state index is 12.6. The average molecular weight is 303 g/mol. The molecule has 4 nitrogen and oxygen atoms in total. The standard InChI is InChI=1S/C13H19ClN2O2S/c1-3-16(11-4-5-11)19(17,18)12-6-7-13(14)10(8-12)9-15-2/h6-8,11,15H,3-5,9H2,1-2H3. The summed E-state index contributed by atoms with van der Waals surface area (Å²) in [5.74, 6) is 0. The first-order chi connectivity index (χ1) is 9.00. The SMILES string of the molecule is CCN(C1CC1)S(=O)(=O)c1ccc(Cl)c(CNC)c1. The Morgan fingerprint density at radius 2 is 2.11 bits per heavy atom. The number of rotatable bonds is 6. The molecule has 0 aliphatic heterocycles. The Bertz CT molecular complexity index is 556. The molecule has 1 saturated carbocycles. The summed E-state index contributed by atoms with van der Waals surface area (Å²) in [6.07, 6.45) is 1.92. The highest BCUT2D eigenvalue weighted by Gasteiger charge is 2.36. The molecule has 0 saturated heterocycles. The van der Waals surface area contributed by atoms with Gasteiger partial charge < -0.3 is 5.32 Å². The van der Waals surface area contributed by atoms with Crippen molar-refractivity contribution >= 4 is 21.6 Å². The van der Waals surface area contributed by atoms with Crippen molar-refractivity contribution in [2.75, 3.05) is 13.6 Å². The first kappa shape index (κ1) is 14.8. The van der Waals surface area contributed by atoms with Crippen molar-refractivity contribution in [2.24, 2.45) is 0 Å². The Labute approximate surface area is 119 Å². The molecular weight excluding hydrogens is 284 g/mol. The zero-order chi connectivity index (χ0) is 14.0. The van der Waals surface area contributed by atoms with E-state index < -0.39 is 10.0 Å².